The standard InChI is InChI=1S/C20H20N4O2/c1-20(2,15-6-4-3-5-7-15)19-23-18(26-24-19)14-10-11-21-16(12-14)22-17(25)13-8-9-13/h3-7,10-13H,8-9H2,1-2H3,(H,21,22,25). The summed E-state index contributed by atoms with van der Waals surface area (Å²) in [6.07, 6.45) is 3.53. The van der Waals surface area contributed by atoms with E-state index < -0.39 is 0 Å². The van der Waals surface area contributed by atoms with Gasteiger partial charge in [0, 0.05) is 17.7 Å². The van der Waals surface area contributed by atoms with Crippen LogP contribution in [0.25, 0.3) is 11.5 Å². The van der Waals surface area contributed by atoms with Gasteiger partial charge in [-0.05, 0) is 44.4 Å². The van der Waals surface area contributed by atoms with E-state index in [4.69, 9.17) is 4.52 Å². The Morgan fingerprint density at radius 3 is 2.69 bits per heavy atom. The van der Waals surface area contributed by atoms with Crippen LogP contribution in [0.2, 0.25) is 0 Å². The molecule has 1 amide bonds. The van der Waals surface area contributed by atoms with Crippen LogP contribution in [0, 0.1) is 5.92 Å². The lowest BCUT2D eigenvalue weighted by atomic mass is 9.84. The molecular weight excluding hydrogens is 328 g/mol. The molecule has 0 radical (unpaired) electrons. The van der Waals surface area contributed by atoms with E-state index in [2.05, 4.69) is 34.3 Å². The van der Waals surface area contributed by atoms with Crippen molar-refractivity contribution >= 4 is 11.7 Å². The molecule has 1 aromatic carbocycles. The van der Waals surface area contributed by atoms with Crippen molar-refractivity contribution in [3.63, 3.8) is 0 Å². The summed E-state index contributed by atoms with van der Waals surface area (Å²) in [6, 6.07) is 13.6. The summed E-state index contributed by atoms with van der Waals surface area (Å²) >= 11 is 0. The second kappa shape index (κ2) is 6.37. The minimum Gasteiger partial charge on any atom is -0.334 e. The van der Waals surface area contributed by atoms with Crippen LogP contribution in [0.15, 0.2) is 53.2 Å². The molecule has 1 fully saturated rings. The maximum atomic E-state index is 11.9. The van der Waals surface area contributed by atoms with Crippen molar-refractivity contribution in [2.75, 3.05) is 5.32 Å². The van der Waals surface area contributed by atoms with Gasteiger partial charge in [-0.15, -0.1) is 0 Å². The fraction of sp³-hybridized carbons (Fsp3) is 0.300. The Morgan fingerprint density at radius 1 is 1.19 bits per heavy atom. The maximum absolute atomic E-state index is 11.9. The second-order valence-corrected chi connectivity index (χ2v) is 7.11. The molecule has 2 aromatic heterocycles. The Hall–Kier alpha value is -3.02. The first-order valence-electron chi connectivity index (χ1n) is 8.71. The second-order valence-electron chi connectivity index (χ2n) is 7.11. The van der Waals surface area contributed by atoms with Crippen LogP contribution in [0.5, 0.6) is 0 Å². The smallest absolute Gasteiger partial charge is 0.258 e. The molecule has 1 aliphatic rings. The maximum Gasteiger partial charge on any atom is 0.258 e. The highest BCUT2D eigenvalue weighted by Gasteiger charge is 2.30. The molecule has 0 atom stereocenters. The van der Waals surface area contributed by atoms with Crippen LogP contribution in [0.1, 0.15) is 38.1 Å². The van der Waals surface area contributed by atoms with Crippen molar-refractivity contribution in [1.82, 2.24) is 15.1 Å². The van der Waals surface area contributed by atoms with Crippen molar-refractivity contribution in [3.05, 3.63) is 60.0 Å². The molecule has 0 unspecified atom stereocenters. The van der Waals surface area contributed by atoms with Crippen molar-refractivity contribution in [3.8, 4) is 11.5 Å². The van der Waals surface area contributed by atoms with Gasteiger partial charge in [-0.1, -0.05) is 35.5 Å². The van der Waals surface area contributed by atoms with Crippen molar-refractivity contribution in [2.24, 2.45) is 5.92 Å². The zero-order valence-corrected chi connectivity index (χ0v) is 14.8. The third-order valence-corrected chi connectivity index (χ3v) is 4.69. The molecule has 26 heavy (non-hydrogen) atoms. The summed E-state index contributed by atoms with van der Waals surface area (Å²) in [5.74, 6) is 1.67. The molecule has 0 saturated heterocycles. The van der Waals surface area contributed by atoms with Crippen molar-refractivity contribution < 1.29 is 9.32 Å². The third-order valence-electron chi connectivity index (χ3n) is 4.69. The van der Waals surface area contributed by atoms with Gasteiger partial charge in [0.25, 0.3) is 5.89 Å². The summed E-state index contributed by atoms with van der Waals surface area (Å²) < 4.78 is 5.48. The summed E-state index contributed by atoms with van der Waals surface area (Å²) in [6.45, 7) is 4.12. The lowest BCUT2D eigenvalue weighted by Crippen LogP contribution is -2.20. The summed E-state index contributed by atoms with van der Waals surface area (Å²) in [4.78, 5) is 20.7. The zero-order chi connectivity index (χ0) is 18.1. The van der Waals surface area contributed by atoms with Crippen molar-refractivity contribution in [1.29, 1.82) is 0 Å². The van der Waals surface area contributed by atoms with Crippen LogP contribution in [-0.4, -0.2) is 21.0 Å². The van der Waals surface area contributed by atoms with Crippen molar-refractivity contribution in [2.45, 2.75) is 32.1 Å². The van der Waals surface area contributed by atoms with Crippen LogP contribution in [0.3, 0.4) is 0 Å². The molecule has 6 nitrogen and oxygen atoms in total. The number of benzene rings is 1. The van der Waals surface area contributed by atoms with Gasteiger partial charge in [-0.25, -0.2) is 4.98 Å². The Balaban J connectivity index is 1.59. The molecule has 0 spiro atoms. The Labute approximate surface area is 151 Å². The molecule has 0 bridgehead atoms. The largest absolute Gasteiger partial charge is 0.334 e. The fourth-order valence-corrected chi connectivity index (χ4v) is 2.78. The number of nitrogens with one attached hydrogen (secondary N) is 1. The molecule has 1 saturated carbocycles. The molecule has 0 aliphatic heterocycles. The molecule has 2 heterocycles. The van der Waals surface area contributed by atoms with Gasteiger partial charge in [-0.2, -0.15) is 4.98 Å². The van der Waals surface area contributed by atoms with Gasteiger partial charge in [-0.3, -0.25) is 4.79 Å². The lowest BCUT2D eigenvalue weighted by Gasteiger charge is -2.20. The number of aromatic nitrogens is 3. The normalized spacial score (nSPS) is 14.2. The number of carbonyl (C=O) groups is 1. The molecule has 3 aromatic rings. The molecule has 4 rings (SSSR count). The Bertz CT molecular complexity index is 930. The number of hydrogen-bond acceptors (Lipinski definition) is 5. The van der Waals surface area contributed by atoms with Gasteiger partial charge in [0.05, 0.1) is 5.41 Å². The number of nitrogens with zero attached hydrogens (tertiary/aromatic N) is 3. The van der Waals surface area contributed by atoms with Crippen LogP contribution in [-0.2, 0) is 10.2 Å². The predicted octanol–water partition coefficient (Wildman–Crippen LogP) is 3.81. The third kappa shape index (κ3) is 3.22. The highest BCUT2D eigenvalue weighted by molar-refractivity contribution is 5.93. The van der Waals surface area contributed by atoms with Gasteiger partial charge in [0.2, 0.25) is 5.91 Å². The summed E-state index contributed by atoms with van der Waals surface area (Å²) in [5.41, 5.74) is 1.46. The highest BCUT2D eigenvalue weighted by atomic mass is 16.5. The molecule has 6 heteroatoms. The first-order chi connectivity index (χ1) is 12.5. The van der Waals surface area contributed by atoms with Crippen LogP contribution >= 0.6 is 0 Å². The minimum absolute atomic E-state index is 0.0195. The van der Waals surface area contributed by atoms with E-state index in [1.807, 2.05) is 30.3 Å². The Morgan fingerprint density at radius 2 is 1.96 bits per heavy atom. The number of rotatable bonds is 5. The van der Waals surface area contributed by atoms with Crippen LogP contribution < -0.4 is 5.32 Å². The molecular formula is C20H20N4O2. The zero-order valence-electron chi connectivity index (χ0n) is 14.8. The average Bonchev–Trinajstić information content (AvgIpc) is 3.39. The number of anilines is 1. The summed E-state index contributed by atoms with van der Waals surface area (Å²) in [5, 5.41) is 7.01. The fourth-order valence-electron chi connectivity index (χ4n) is 2.78. The van der Waals surface area contributed by atoms with Gasteiger partial charge in [0.15, 0.2) is 5.82 Å². The van der Waals surface area contributed by atoms with E-state index >= 15 is 0 Å². The molecule has 132 valence electrons. The summed E-state index contributed by atoms with van der Waals surface area (Å²) in [7, 11) is 0. The van der Waals surface area contributed by atoms with Gasteiger partial charge >= 0.3 is 0 Å². The monoisotopic (exact) mass is 348 g/mol. The first kappa shape index (κ1) is 16.4. The predicted molar refractivity (Wildman–Crippen MR) is 97.5 cm³/mol. The molecule has 1 N–H and O–H groups in total. The number of pyridine rings is 1. The minimum atomic E-state index is -0.376. The van der Waals surface area contributed by atoms with E-state index in [9.17, 15) is 4.79 Å². The van der Waals surface area contributed by atoms with E-state index in [0.29, 0.717) is 17.5 Å². The molecule has 1 aliphatic carbocycles. The average molecular weight is 348 g/mol. The van der Waals surface area contributed by atoms with Gasteiger partial charge in [0.1, 0.15) is 5.82 Å². The van der Waals surface area contributed by atoms with E-state index in [-0.39, 0.29) is 17.2 Å². The number of hydrogen-bond donors (Lipinski definition) is 1. The van der Waals surface area contributed by atoms with E-state index in [1.54, 1.807) is 18.3 Å². The topological polar surface area (TPSA) is 80.9 Å². The first-order valence-corrected chi connectivity index (χ1v) is 8.71. The van der Waals surface area contributed by atoms with Crippen LogP contribution in [0.4, 0.5) is 5.82 Å². The van der Waals surface area contributed by atoms with E-state index in [1.165, 1.54) is 0 Å². The highest BCUT2D eigenvalue weighted by Crippen LogP contribution is 2.32. The number of amides is 1. The van der Waals surface area contributed by atoms with Gasteiger partial charge < -0.3 is 9.84 Å². The lowest BCUT2D eigenvalue weighted by molar-refractivity contribution is -0.117. The van der Waals surface area contributed by atoms with E-state index in [0.717, 1.165) is 24.0 Å². The Kier molecular flexibility index (Phi) is 4.03. The SMILES string of the molecule is CC(C)(c1ccccc1)c1noc(-c2ccnc(NC(=O)C3CC3)c2)n1. The quantitative estimate of drug-likeness (QED) is 0.758. The number of carbonyl (C=O) groups excluding carboxylic acids is 1.